The van der Waals surface area contributed by atoms with E-state index < -0.39 is 0 Å². The molecule has 1 heteroatoms. The van der Waals surface area contributed by atoms with E-state index in [1.807, 2.05) is 0 Å². The van der Waals surface area contributed by atoms with Gasteiger partial charge in [-0.25, -0.2) is 0 Å². The van der Waals surface area contributed by atoms with Gasteiger partial charge >= 0.3 is 0 Å². The summed E-state index contributed by atoms with van der Waals surface area (Å²) in [5.41, 5.74) is 5.98. The Hall–Kier alpha value is -0.0400. The second-order valence-corrected chi connectivity index (χ2v) is 7.04. The van der Waals surface area contributed by atoms with Crippen LogP contribution in [0.2, 0.25) is 0 Å². The van der Waals surface area contributed by atoms with Crippen LogP contribution in [-0.4, -0.2) is 6.04 Å². The molecule has 2 aliphatic carbocycles. The smallest absolute Gasteiger partial charge is 0.00390 e. The third-order valence-electron chi connectivity index (χ3n) is 5.39. The normalized spacial score (nSPS) is 39.5. The fourth-order valence-corrected chi connectivity index (χ4v) is 3.99. The van der Waals surface area contributed by atoms with Gasteiger partial charge in [-0.2, -0.15) is 0 Å². The fourth-order valence-electron chi connectivity index (χ4n) is 3.99. The van der Waals surface area contributed by atoms with Gasteiger partial charge in [-0.1, -0.05) is 26.7 Å². The molecule has 0 bridgehead atoms. The lowest BCUT2D eigenvalue weighted by Gasteiger charge is -2.34. The van der Waals surface area contributed by atoms with Gasteiger partial charge in [-0.05, 0) is 68.6 Å². The Bertz CT molecular complexity index is 208. The lowest BCUT2D eigenvalue weighted by Crippen LogP contribution is -2.28. The first-order chi connectivity index (χ1) is 8.15. The Morgan fingerprint density at radius 1 is 0.824 bits per heavy atom. The predicted molar refractivity (Wildman–Crippen MR) is 74.8 cm³/mol. The van der Waals surface area contributed by atoms with Gasteiger partial charge in [0.1, 0.15) is 0 Å². The third kappa shape index (κ3) is 3.98. The van der Waals surface area contributed by atoms with E-state index in [1.165, 1.54) is 57.8 Å². The average Bonchev–Trinajstić information content (AvgIpc) is 2.33. The summed E-state index contributed by atoms with van der Waals surface area (Å²) in [6, 6.07) is 0.517. The molecule has 0 aromatic heterocycles. The monoisotopic (exact) mass is 237 g/mol. The standard InChI is InChI=1S/C16H31N/c1-12(2)15-7-3-13(4-8-15)11-14-5-9-16(17)10-6-14/h12-16H,3-11,17H2,1-2H3/t13-,14-,15+,16+. The van der Waals surface area contributed by atoms with Gasteiger partial charge in [0, 0.05) is 6.04 Å². The minimum Gasteiger partial charge on any atom is -0.328 e. The Morgan fingerprint density at radius 3 is 1.76 bits per heavy atom. The van der Waals surface area contributed by atoms with E-state index in [9.17, 15) is 0 Å². The summed E-state index contributed by atoms with van der Waals surface area (Å²) in [7, 11) is 0. The molecular weight excluding hydrogens is 206 g/mol. The van der Waals surface area contributed by atoms with Crippen LogP contribution in [0.3, 0.4) is 0 Å². The summed E-state index contributed by atoms with van der Waals surface area (Å²) in [5, 5.41) is 0. The van der Waals surface area contributed by atoms with Gasteiger partial charge in [0.15, 0.2) is 0 Å². The van der Waals surface area contributed by atoms with E-state index in [-0.39, 0.29) is 0 Å². The first kappa shape index (κ1) is 13.4. The molecule has 2 aliphatic rings. The van der Waals surface area contributed by atoms with Crippen molar-refractivity contribution in [3.05, 3.63) is 0 Å². The maximum atomic E-state index is 5.98. The maximum Gasteiger partial charge on any atom is 0.00390 e. The molecule has 0 aliphatic heterocycles. The lowest BCUT2D eigenvalue weighted by atomic mass is 9.72. The minimum atomic E-state index is 0.517. The van der Waals surface area contributed by atoms with Gasteiger partial charge in [-0.15, -0.1) is 0 Å². The fraction of sp³-hybridized carbons (Fsp3) is 1.00. The lowest BCUT2D eigenvalue weighted by molar-refractivity contribution is 0.182. The van der Waals surface area contributed by atoms with Crippen molar-refractivity contribution in [3.8, 4) is 0 Å². The van der Waals surface area contributed by atoms with Crippen molar-refractivity contribution in [1.82, 2.24) is 0 Å². The van der Waals surface area contributed by atoms with Crippen molar-refractivity contribution in [2.45, 2.75) is 77.7 Å². The summed E-state index contributed by atoms with van der Waals surface area (Å²) in [4.78, 5) is 0. The molecule has 17 heavy (non-hydrogen) atoms. The molecule has 2 fully saturated rings. The van der Waals surface area contributed by atoms with Crippen molar-refractivity contribution >= 4 is 0 Å². The highest BCUT2D eigenvalue weighted by molar-refractivity contribution is 4.80. The molecule has 0 saturated heterocycles. The maximum absolute atomic E-state index is 5.98. The molecule has 0 amide bonds. The molecule has 100 valence electrons. The molecule has 0 unspecified atom stereocenters. The Morgan fingerprint density at radius 2 is 1.29 bits per heavy atom. The second kappa shape index (κ2) is 6.22. The minimum absolute atomic E-state index is 0.517. The van der Waals surface area contributed by atoms with Crippen LogP contribution in [0.4, 0.5) is 0 Å². The molecule has 0 aromatic rings. The first-order valence-corrected chi connectivity index (χ1v) is 7.90. The molecule has 0 aromatic carbocycles. The topological polar surface area (TPSA) is 26.0 Å². The van der Waals surface area contributed by atoms with Crippen LogP contribution in [0.5, 0.6) is 0 Å². The molecule has 2 saturated carbocycles. The molecule has 0 spiro atoms. The Balaban J connectivity index is 1.67. The van der Waals surface area contributed by atoms with E-state index in [2.05, 4.69) is 13.8 Å². The summed E-state index contributed by atoms with van der Waals surface area (Å²) in [5.74, 6) is 3.98. The second-order valence-electron chi connectivity index (χ2n) is 7.04. The summed E-state index contributed by atoms with van der Waals surface area (Å²) in [6.45, 7) is 4.79. The molecule has 1 nitrogen and oxygen atoms in total. The van der Waals surface area contributed by atoms with Crippen molar-refractivity contribution in [2.75, 3.05) is 0 Å². The van der Waals surface area contributed by atoms with Crippen molar-refractivity contribution in [1.29, 1.82) is 0 Å². The zero-order valence-electron chi connectivity index (χ0n) is 11.8. The van der Waals surface area contributed by atoms with Crippen molar-refractivity contribution in [2.24, 2.45) is 29.4 Å². The Labute approximate surface area is 108 Å². The molecule has 2 rings (SSSR count). The largest absolute Gasteiger partial charge is 0.328 e. The van der Waals surface area contributed by atoms with Crippen LogP contribution in [0.1, 0.15) is 71.6 Å². The molecular formula is C16H31N. The summed E-state index contributed by atoms with van der Waals surface area (Å²) >= 11 is 0. The molecule has 0 radical (unpaired) electrons. The van der Waals surface area contributed by atoms with Gasteiger partial charge in [0.25, 0.3) is 0 Å². The van der Waals surface area contributed by atoms with E-state index in [1.54, 1.807) is 0 Å². The summed E-state index contributed by atoms with van der Waals surface area (Å²) in [6.07, 6.45) is 12.9. The van der Waals surface area contributed by atoms with Crippen LogP contribution < -0.4 is 5.73 Å². The number of hydrogen-bond donors (Lipinski definition) is 1. The van der Waals surface area contributed by atoms with Crippen LogP contribution >= 0.6 is 0 Å². The van der Waals surface area contributed by atoms with Crippen LogP contribution in [0.15, 0.2) is 0 Å². The van der Waals surface area contributed by atoms with E-state index in [0.717, 1.165) is 23.7 Å². The Kier molecular flexibility index (Phi) is 4.90. The highest BCUT2D eigenvalue weighted by atomic mass is 14.6. The van der Waals surface area contributed by atoms with Gasteiger partial charge < -0.3 is 5.73 Å². The van der Waals surface area contributed by atoms with Gasteiger partial charge in [-0.3, -0.25) is 0 Å². The van der Waals surface area contributed by atoms with E-state index >= 15 is 0 Å². The molecule has 0 atom stereocenters. The van der Waals surface area contributed by atoms with Crippen LogP contribution in [-0.2, 0) is 0 Å². The van der Waals surface area contributed by atoms with Gasteiger partial charge in [0.2, 0.25) is 0 Å². The zero-order chi connectivity index (χ0) is 12.3. The van der Waals surface area contributed by atoms with Crippen molar-refractivity contribution < 1.29 is 0 Å². The average molecular weight is 237 g/mol. The predicted octanol–water partition coefficient (Wildman–Crippen LogP) is 4.36. The zero-order valence-corrected chi connectivity index (χ0v) is 11.8. The molecule has 2 N–H and O–H groups in total. The first-order valence-electron chi connectivity index (χ1n) is 7.90. The highest BCUT2D eigenvalue weighted by Crippen LogP contribution is 2.38. The SMILES string of the molecule is CC(C)[C@H]1CC[C@@H](C[C@H]2CC[C@@H](N)CC2)CC1. The number of hydrogen-bond acceptors (Lipinski definition) is 1. The van der Waals surface area contributed by atoms with Crippen LogP contribution in [0, 0.1) is 23.7 Å². The molecule has 0 heterocycles. The van der Waals surface area contributed by atoms with Crippen LogP contribution in [0.25, 0.3) is 0 Å². The number of nitrogens with two attached hydrogens (primary N) is 1. The third-order valence-corrected chi connectivity index (χ3v) is 5.39. The van der Waals surface area contributed by atoms with E-state index in [4.69, 9.17) is 5.73 Å². The quantitative estimate of drug-likeness (QED) is 0.775. The van der Waals surface area contributed by atoms with E-state index in [0.29, 0.717) is 6.04 Å². The number of rotatable bonds is 3. The highest BCUT2D eigenvalue weighted by Gasteiger charge is 2.26. The van der Waals surface area contributed by atoms with Crippen molar-refractivity contribution in [3.63, 3.8) is 0 Å². The summed E-state index contributed by atoms with van der Waals surface area (Å²) < 4.78 is 0. The van der Waals surface area contributed by atoms with Gasteiger partial charge in [0.05, 0.1) is 0 Å².